The van der Waals surface area contributed by atoms with Gasteiger partial charge in [-0.2, -0.15) is 0 Å². The minimum absolute atomic E-state index is 0.0578. The van der Waals surface area contributed by atoms with Crippen molar-refractivity contribution in [2.75, 3.05) is 11.9 Å². The lowest BCUT2D eigenvalue weighted by atomic mass is 10.1. The number of benzene rings is 2. The van der Waals surface area contributed by atoms with Gasteiger partial charge in [0.1, 0.15) is 5.75 Å². The second-order valence-electron chi connectivity index (χ2n) is 5.71. The number of carbonyl (C=O) groups is 1. The molecule has 1 aromatic heterocycles. The van der Waals surface area contributed by atoms with Crippen molar-refractivity contribution in [3.8, 4) is 5.75 Å². The van der Waals surface area contributed by atoms with Gasteiger partial charge >= 0.3 is 0 Å². The van der Waals surface area contributed by atoms with Crippen LogP contribution >= 0.6 is 23.1 Å². The van der Waals surface area contributed by atoms with Crippen LogP contribution in [0.15, 0.2) is 52.9 Å². The van der Waals surface area contributed by atoms with Gasteiger partial charge in [0.15, 0.2) is 10.9 Å². The third-order valence-electron chi connectivity index (χ3n) is 3.61. The second kappa shape index (κ2) is 8.82. The monoisotopic (exact) mass is 385 g/mol. The average molecular weight is 386 g/mol. The molecule has 0 saturated carbocycles. The molecule has 26 heavy (non-hydrogen) atoms. The van der Waals surface area contributed by atoms with Gasteiger partial charge < -0.3 is 4.74 Å². The van der Waals surface area contributed by atoms with Crippen molar-refractivity contribution in [1.82, 2.24) is 10.2 Å². The zero-order chi connectivity index (χ0) is 18.4. The van der Waals surface area contributed by atoms with E-state index in [1.165, 1.54) is 16.9 Å². The van der Waals surface area contributed by atoms with E-state index in [2.05, 4.69) is 27.6 Å². The van der Waals surface area contributed by atoms with Crippen molar-refractivity contribution in [2.24, 2.45) is 0 Å². The predicted octanol–water partition coefficient (Wildman–Crippen LogP) is 4.46. The van der Waals surface area contributed by atoms with Gasteiger partial charge in [-0.05, 0) is 30.5 Å². The number of amides is 1. The van der Waals surface area contributed by atoms with Crippen molar-refractivity contribution < 1.29 is 9.53 Å². The lowest BCUT2D eigenvalue weighted by Crippen LogP contribution is -2.20. The summed E-state index contributed by atoms with van der Waals surface area (Å²) >= 11 is 2.96. The van der Waals surface area contributed by atoms with E-state index in [1.54, 1.807) is 11.8 Å². The highest BCUT2D eigenvalue weighted by Crippen LogP contribution is 2.28. The first-order valence-corrected chi connectivity index (χ1v) is 9.91. The molecule has 0 radical (unpaired) electrons. The highest BCUT2D eigenvalue weighted by atomic mass is 32.2. The molecule has 3 aromatic rings. The summed E-state index contributed by atoms with van der Waals surface area (Å²) in [6.07, 6.45) is 0. The summed E-state index contributed by atoms with van der Waals surface area (Å²) in [6, 6.07) is 16.0. The number of aromatic nitrogens is 2. The molecule has 3 rings (SSSR count). The number of thioether (sulfide) groups is 1. The first-order valence-electron chi connectivity index (χ1n) is 8.11. The smallest absolute Gasteiger partial charge is 0.264 e. The number of para-hydroxylation sites is 1. The van der Waals surface area contributed by atoms with Gasteiger partial charge in [0.05, 0.1) is 0 Å². The normalized spacial score (nSPS) is 10.5. The van der Waals surface area contributed by atoms with Crippen LogP contribution in [0.5, 0.6) is 5.75 Å². The second-order valence-corrected chi connectivity index (χ2v) is 7.91. The molecule has 0 spiro atoms. The molecule has 1 N–H and O–H groups in total. The Labute approximate surface area is 160 Å². The Kier molecular flexibility index (Phi) is 6.25. The zero-order valence-electron chi connectivity index (χ0n) is 14.6. The molecule has 0 aliphatic carbocycles. The van der Waals surface area contributed by atoms with E-state index < -0.39 is 0 Å². The van der Waals surface area contributed by atoms with E-state index in [0.717, 1.165) is 27.0 Å². The maximum Gasteiger partial charge on any atom is 0.264 e. The Hall–Kier alpha value is -2.38. The SMILES string of the molecule is Cc1cccc(C)c1OCC(=O)Nc1nnc(SCc2ccccc2)s1. The van der Waals surface area contributed by atoms with Crippen LogP contribution in [0.25, 0.3) is 0 Å². The fourth-order valence-electron chi connectivity index (χ4n) is 2.36. The summed E-state index contributed by atoms with van der Waals surface area (Å²) in [6.45, 7) is 3.86. The maximum absolute atomic E-state index is 12.1. The molecule has 1 amide bonds. The summed E-state index contributed by atoms with van der Waals surface area (Å²) < 4.78 is 6.47. The Morgan fingerprint density at radius 3 is 2.54 bits per heavy atom. The van der Waals surface area contributed by atoms with E-state index in [-0.39, 0.29) is 12.5 Å². The van der Waals surface area contributed by atoms with Crippen molar-refractivity contribution in [1.29, 1.82) is 0 Å². The van der Waals surface area contributed by atoms with E-state index in [4.69, 9.17) is 4.74 Å². The fourth-order valence-corrected chi connectivity index (χ4v) is 4.08. The van der Waals surface area contributed by atoms with Crippen LogP contribution in [-0.4, -0.2) is 22.7 Å². The maximum atomic E-state index is 12.1. The van der Waals surface area contributed by atoms with Crippen LogP contribution in [0.4, 0.5) is 5.13 Å². The minimum Gasteiger partial charge on any atom is -0.483 e. The van der Waals surface area contributed by atoms with Crippen LogP contribution in [-0.2, 0) is 10.5 Å². The van der Waals surface area contributed by atoms with Crippen LogP contribution in [0.2, 0.25) is 0 Å². The van der Waals surface area contributed by atoms with Crippen molar-refractivity contribution >= 4 is 34.1 Å². The molecule has 134 valence electrons. The van der Waals surface area contributed by atoms with Crippen LogP contribution < -0.4 is 10.1 Å². The van der Waals surface area contributed by atoms with Gasteiger partial charge in [0.2, 0.25) is 5.13 Å². The van der Waals surface area contributed by atoms with E-state index in [0.29, 0.717) is 5.13 Å². The molecule has 7 heteroatoms. The summed E-state index contributed by atoms with van der Waals surface area (Å²) in [5.41, 5.74) is 3.24. The Morgan fingerprint density at radius 2 is 1.81 bits per heavy atom. The van der Waals surface area contributed by atoms with Gasteiger partial charge in [0, 0.05) is 5.75 Å². The first kappa shape index (κ1) is 18.4. The van der Waals surface area contributed by atoms with Crippen molar-refractivity contribution in [3.05, 3.63) is 65.2 Å². The minimum atomic E-state index is -0.247. The largest absolute Gasteiger partial charge is 0.483 e. The third-order valence-corrected chi connectivity index (χ3v) is 5.66. The van der Waals surface area contributed by atoms with Crippen molar-refractivity contribution in [2.45, 2.75) is 23.9 Å². The number of nitrogens with one attached hydrogen (secondary N) is 1. The highest BCUT2D eigenvalue weighted by Gasteiger charge is 2.11. The number of rotatable bonds is 7. The first-order chi connectivity index (χ1) is 12.6. The summed E-state index contributed by atoms with van der Waals surface area (Å²) in [7, 11) is 0. The number of ether oxygens (including phenoxy) is 1. The molecule has 0 bridgehead atoms. The number of nitrogens with zero attached hydrogens (tertiary/aromatic N) is 2. The number of aryl methyl sites for hydroxylation is 2. The molecule has 0 unspecified atom stereocenters. The van der Waals surface area contributed by atoms with Gasteiger partial charge in [-0.15, -0.1) is 10.2 Å². The topological polar surface area (TPSA) is 64.1 Å². The summed E-state index contributed by atoms with van der Waals surface area (Å²) in [5.74, 6) is 1.32. The molecular weight excluding hydrogens is 366 g/mol. The van der Waals surface area contributed by atoms with E-state index in [9.17, 15) is 4.79 Å². The lowest BCUT2D eigenvalue weighted by Gasteiger charge is -2.11. The standard InChI is InChI=1S/C19H19N3O2S2/c1-13-7-6-8-14(2)17(13)24-11-16(23)20-18-21-22-19(26-18)25-12-15-9-4-3-5-10-15/h3-10H,11-12H2,1-2H3,(H,20,21,23). The van der Waals surface area contributed by atoms with Crippen LogP contribution in [0, 0.1) is 13.8 Å². The quantitative estimate of drug-likeness (QED) is 0.480. The highest BCUT2D eigenvalue weighted by molar-refractivity contribution is 8.00. The van der Waals surface area contributed by atoms with Gasteiger partial charge in [-0.25, -0.2) is 0 Å². The van der Waals surface area contributed by atoms with E-state index >= 15 is 0 Å². The Balaban J connectivity index is 1.50. The Morgan fingerprint density at radius 1 is 1.08 bits per heavy atom. The van der Waals surface area contributed by atoms with E-state index in [1.807, 2.05) is 50.2 Å². The fraction of sp³-hybridized carbons (Fsp3) is 0.211. The third kappa shape index (κ3) is 5.06. The molecule has 1 heterocycles. The van der Waals surface area contributed by atoms with Gasteiger partial charge in [-0.3, -0.25) is 10.1 Å². The average Bonchev–Trinajstić information content (AvgIpc) is 3.08. The van der Waals surface area contributed by atoms with Crippen LogP contribution in [0.3, 0.4) is 0 Å². The van der Waals surface area contributed by atoms with Gasteiger partial charge in [0.25, 0.3) is 5.91 Å². The molecule has 0 aliphatic rings. The summed E-state index contributed by atoms with van der Waals surface area (Å²) in [5, 5.41) is 11.3. The predicted molar refractivity (Wildman–Crippen MR) is 106 cm³/mol. The molecular formula is C19H19N3O2S2. The van der Waals surface area contributed by atoms with Crippen molar-refractivity contribution in [3.63, 3.8) is 0 Å². The number of carbonyl (C=O) groups excluding carboxylic acids is 1. The molecule has 5 nitrogen and oxygen atoms in total. The molecule has 0 aliphatic heterocycles. The molecule has 0 saturated heterocycles. The molecule has 0 fully saturated rings. The summed E-state index contributed by atoms with van der Waals surface area (Å²) in [4.78, 5) is 12.1. The number of anilines is 1. The molecule has 2 aromatic carbocycles. The number of hydrogen-bond acceptors (Lipinski definition) is 6. The van der Waals surface area contributed by atoms with Crippen LogP contribution in [0.1, 0.15) is 16.7 Å². The Bertz CT molecular complexity index is 861. The molecule has 0 atom stereocenters. The zero-order valence-corrected chi connectivity index (χ0v) is 16.2. The lowest BCUT2D eigenvalue weighted by molar-refractivity contribution is -0.118. The number of hydrogen-bond donors (Lipinski definition) is 1. The van der Waals surface area contributed by atoms with Gasteiger partial charge in [-0.1, -0.05) is 71.6 Å².